The van der Waals surface area contributed by atoms with Crippen molar-refractivity contribution in [2.24, 2.45) is 10.9 Å². The Morgan fingerprint density at radius 1 is 1.50 bits per heavy atom. The molecule has 0 saturated heterocycles. The maximum Gasteiger partial charge on any atom is 0.277 e. The van der Waals surface area contributed by atoms with E-state index in [-0.39, 0.29) is 12.6 Å². The topological polar surface area (TPSA) is 106 Å². The van der Waals surface area contributed by atoms with Crippen LogP contribution in [-0.2, 0) is 15.0 Å². The smallest absolute Gasteiger partial charge is 0.277 e. The molecule has 0 atom stereocenters. The van der Waals surface area contributed by atoms with Crippen molar-refractivity contribution in [3.05, 3.63) is 0 Å². The minimum atomic E-state index is -3.83. The van der Waals surface area contributed by atoms with Crippen LogP contribution < -0.4 is 10.9 Å². The molecule has 0 aliphatic carbocycles. The molecule has 0 aromatic heterocycles. The van der Waals surface area contributed by atoms with Gasteiger partial charge in [-0.25, -0.2) is 5.14 Å². The minimum absolute atomic E-state index is 0.368. The lowest BCUT2D eigenvalue weighted by molar-refractivity contribution is -0.118. The summed E-state index contributed by atoms with van der Waals surface area (Å²) in [5.74, 6) is -0.724. The van der Waals surface area contributed by atoms with Gasteiger partial charge in [0.15, 0.2) is 0 Å². The summed E-state index contributed by atoms with van der Waals surface area (Å²) >= 11 is 0. The van der Waals surface area contributed by atoms with Crippen molar-refractivity contribution < 1.29 is 13.2 Å². The fourth-order valence-corrected chi connectivity index (χ4v) is 1.61. The highest BCUT2D eigenvalue weighted by atomic mass is 32.2. The number of hydrogen-bond acceptors (Lipinski definition) is 3. The Balaban J connectivity index is 4.58. The maximum atomic E-state index is 10.8. The molecule has 6 nitrogen and oxygen atoms in total. The van der Waals surface area contributed by atoms with Crippen molar-refractivity contribution in [2.75, 3.05) is 6.54 Å². The van der Waals surface area contributed by atoms with Crippen molar-refractivity contribution in [3.63, 3.8) is 0 Å². The van der Waals surface area contributed by atoms with Crippen LogP contribution in [0.15, 0.2) is 0 Å². The van der Waals surface area contributed by atoms with Gasteiger partial charge in [-0.1, -0.05) is 0 Å². The van der Waals surface area contributed by atoms with Crippen molar-refractivity contribution in [1.82, 2.24) is 4.31 Å². The van der Waals surface area contributed by atoms with Gasteiger partial charge >= 0.3 is 0 Å². The Labute approximate surface area is 71.7 Å². The lowest BCUT2D eigenvalue weighted by Gasteiger charge is -2.21. The van der Waals surface area contributed by atoms with E-state index in [0.29, 0.717) is 0 Å². The summed E-state index contributed by atoms with van der Waals surface area (Å²) in [7, 11) is -3.83. The zero-order valence-electron chi connectivity index (χ0n) is 7.02. The van der Waals surface area contributed by atoms with Crippen molar-refractivity contribution in [3.8, 4) is 0 Å². The molecule has 0 bridgehead atoms. The molecule has 0 spiro atoms. The van der Waals surface area contributed by atoms with Crippen LogP contribution in [0.3, 0.4) is 0 Å². The summed E-state index contributed by atoms with van der Waals surface area (Å²) in [6.45, 7) is 2.83. The number of nitrogens with two attached hydrogens (primary N) is 2. The third kappa shape index (κ3) is 3.65. The van der Waals surface area contributed by atoms with Gasteiger partial charge in [-0.05, 0) is 13.8 Å². The highest BCUT2D eigenvalue weighted by molar-refractivity contribution is 7.86. The van der Waals surface area contributed by atoms with Crippen LogP contribution in [0.25, 0.3) is 0 Å². The van der Waals surface area contributed by atoms with Gasteiger partial charge in [0.25, 0.3) is 10.2 Å². The Morgan fingerprint density at radius 3 is 2.00 bits per heavy atom. The van der Waals surface area contributed by atoms with Gasteiger partial charge < -0.3 is 5.73 Å². The van der Waals surface area contributed by atoms with E-state index in [4.69, 9.17) is 10.9 Å². The van der Waals surface area contributed by atoms with Crippen LogP contribution in [0.5, 0.6) is 0 Å². The number of rotatable bonds is 4. The molecular formula is C5H13N3O3S. The average Bonchev–Trinajstić information content (AvgIpc) is 1.79. The quantitative estimate of drug-likeness (QED) is 0.563. The number of carbonyl (C=O) groups is 1. The first-order valence-corrected chi connectivity index (χ1v) is 4.83. The van der Waals surface area contributed by atoms with Gasteiger partial charge in [-0.2, -0.15) is 12.7 Å². The van der Waals surface area contributed by atoms with Crippen molar-refractivity contribution >= 4 is 16.1 Å². The van der Waals surface area contributed by atoms with Crippen LogP contribution in [-0.4, -0.2) is 31.2 Å². The van der Waals surface area contributed by atoms with E-state index in [0.717, 1.165) is 4.31 Å². The van der Waals surface area contributed by atoms with Gasteiger partial charge in [0.2, 0.25) is 5.91 Å². The molecule has 0 radical (unpaired) electrons. The second kappa shape index (κ2) is 3.83. The molecular weight excluding hydrogens is 182 g/mol. The largest absolute Gasteiger partial charge is 0.369 e. The van der Waals surface area contributed by atoms with Gasteiger partial charge in [-0.15, -0.1) is 0 Å². The summed E-state index contributed by atoms with van der Waals surface area (Å²) < 4.78 is 22.4. The Bertz CT molecular complexity index is 259. The highest BCUT2D eigenvalue weighted by Gasteiger charge is 2.22. The first-order chi connectivity index (χ1) is 5.25. The Morgan fingerprint density at radius 2 is 1.92 bits per heavy atom. The number of amides is 1. The van der Waals surface area contributed by atoms with E-state index < -0.39 is 16.1 Å². The van der Waals surface area contributed by atoms with E-state index in [9.17, 15) is 13.2 Å². The molecule has 0 aliphatic rings. The van der Waals surface area contributed by atoms with Gasteiger partial charge in [0, 0.05) is 6.04 Å². The zero-order valence-corrected chi connectivity index (χ0v) is 7.84. The molecule has 0 aromatic rings. The minimum Gasteiger partial charge on any atom is -0.369 e. The predicted molar refractivity (Wildman–Crippen MR) is 44.1 cm³/mol. The first-order valence-electron chi connectivity index (χ1n) is 3.33. The van der Waals surface area contributed by atoms with E-state index in [1.807, 2.05) is 0 Å². The summed E-state index contributed by atoms with van der Waals surface area (Å²) in [6, 6.07) is -0.368. The van der Waals surface area contributed by atoms with E-state index in [1.54, 1.807) is 13.8 Å². The molecule has 0 rings (SSSR count). The molecule has 4 N–H and O–H groups in total. The monoisotopic (exact) mass is 195 g/mol. The number of hydrogen-bond donors (Lipinski definition) is 2. The lowest BCUT2D eigenvalue weighted by atomic mass is 10.4. The lowest BCUT2D eigenvalue weighted by Crippen LogP contribution is -2.45. The molecule has 0 aliphatic heterocycles. The normalized spacial score (nSPS) is 12.4. The fraction of sp³-hybridized carbons (Fsp3) is 0.800. The number of primary amides is 1. The van der Waals surface area contributed by atoms with Crippen LogP contribution in [0.2, 0.25) is 0 Å². The predicted octanol–water partition coefficient (Wildman–Crippen LogP) is -1.61. The average molecular weight is 195 g/mol. The Hall–Kier alpha value is -0.660. The third-order valence-corrected chi connectivity index (χ3v) is 2.42. The maximum absolute atomic E-state index is 10.8. The highest BCUT2D eigenvalue weighted by Crippen LogP contribution is 2.00. The van der Waals surface area contributed by atoms with Crippen LogP contribution >= 0.6 is 0 Å². The number of carbonyl (C=O) groups excluding carboxylic acids is 1. The molecule has 7 heteroatoms. The fourth-order valence-electron chi connectivity index (χ4n) is 0.720. The zero-order chi connectivity index (χ0) is 9.94. The molecule has 0 heterocycles. The summed E-state index contributed by atoms with van der Waals surface area (Å²) in [5.41, 5.74) is 4.83. The van der Waals surface area contributed by atoms with Crippen molar-refractivity contribution in [1.29, 1.82) is 0 Å². The van der Waals surface area contributed by atoms with E-state index in [1.165, 1.54) is 0 Å². The third-order valence-electron chi connectivity index (χ3n) is 1.21. The van der Waals surface area contributed by atoms with Crippen LogP contribution in [0.1, 0.15) is 13.8 Å². The van der Waals surface area contributed by atoms with Gasteiger partial charge in [0.05, 0.1) is 6.54 Å². The summed E-state index contributed by atoms with van der Waals surface area (Å²) in [6.07, 6.45) is 0. The van der Waals surface area contributed by atoms with Crippen molar-refractivity contribution in [2.45, 2.75) is 19.9 Å². The van der Waals surface area contributed by atoms with E-state index >= 15 is 0 Å². The molecule has 0 unspecified atom stereocenters. The molecule has 12 heavy (non-hydrogen) atoms. The second-order valence-corrected chi connectivity index (χ2v) is 4.15. The summed E-state index contributed by atoms with van der Waals surface area (Å²) in [4.78, 5) is 10.4. The molecule has 72 valence electrons. The summed E-state index contributed by atoms with van der Waals surface area (Å²) in [5, 5.41) is 4.82. The molecule has 0 fully saturated rings. The van der Waals surface area contributed by atoms with Gasteiger partial charge in [-0.3, -0.25) is 4.79 Å². The number of nitrogens with zero attached hydrogens (tertiary/aromatic N) is 1. The van der Waals surface area contributed by atoms with E-state index in [2.05, 4.69) is 0 Å². The second-order valence-electron chi connectivity index (χ2n) is 2.65. The Kier molecular flexibility index (Phi) is 3.62. The first kappa shape index (κ1) is 11.3. The van der Waals surface area contributed by atoms with Crippen LogP contribution in [0, 0.1) is 0 Å². The molecule has 1 amide bonds. The molecule has 0 aromatic carbocycles. The van der Waals surface area contributed by atoms with Crippen LogP contribution in [0.4, 0.5) is 0 Å². The molecule has 0 saturated carbocycles. The SMILES string of the molecule is CC(C)N(CC(N)=O)S(N)(=O)=O. The van der Waals surface area contributed by atoms with Gasteiger partial charge in [0.1, 0.15) is 0 Å². The standard InChI is InChI=1S/C5H13N3O3S/c1-4(2)8(3-5(6)9)12(7,10)11/h4H,3H2,1-2H3,(H2,6,9)(H2,7,10,11).